The molecule has 0 aliphatic rings. The van der Waals surface area contributed by atoms with Crippen LogP contribution in [0.4, 0.5) is 4.39 Å². The number of rotatable bonds is 9. The fourth-order valence-corrected chi connectivity index (χ4v) is 4.41. The standard InChI is InChI=1S/C22H25Cl2FN2O2S/c1-14(2)26-22(29)15(3)27(11-16-7-9-17(25)10-8-16)21(28)13-30-12-18-19(23)5-4-6-20(18)24/h4-10,14-15H,11-13H2,1-3H3,(H,26,29)/t15-/m0/s1. The Hall–Kier alpha value is -1.76. The van der Waals surface area contributed by atoms with E-state index in [4.69, 9.17) is 23.2 Å². The molecule has 0 saturated carbocycles. The molecule has 1 atom stereocenters. The highest BCUT2D eigenvalue weighted by Crippen LogP contribution is 2.28. The topological polar surface area (TPSA) is 49.4 Å². The molecule has 0 bridgehead atoms. The zero-order valence-electron chi connectivity index (χ0n) is 17.1. The lowest BCUT2D eigenvalue weighted by atomic mass is 10.1. The van der Waals surface area contributed by atoms with Crippen LogP contribution in [0.3, 0.4) is 0 Å². The average molecular weight is 471 g/mol. The first-order valence-electron chi connectivity index (χ1n) is 9.54. The van der Waals surface area contributed by atoms with Gasteiger partial charge in [0.1, 0.15) is 11.9 Å². The van der Waals surface area contributed by atoms with Crippen molar-refractivity contribution in [2.45, 2.75) is 45.2 Å². The molecule has 0 heterocycles. The Kier molecular flexibility index (Phi) is 9.46. The molecule has 0 aromatic heterocycles. The van der Waals surface area contributed by atoms with E-state index in [0.29, 0.717) is 15.8 Å². The number of halogens is 3. The average Bonchev–Trinajstić information content (AvgIpc) is 2.68. The molecule has 2 aromatic carbocycles. The van der Waals surface area contributed by atoms with Gasteiger partial charge in [-0.15, -0.1) is 11.8 Å². The van der Waals surface area contributed by atoms with Gasteiger partial charge < -0.3 is 10.2 Å². The zero-order chi connectivity index (χ0) is 22.3. The Balaban J connectivity index is 2.10. The maximum Gasteiger partial charge on any atom is 0.242 e. The summed E-state index contributed by atoms with van der Waals surface area (Å²) in [6.45, 7) is 5.62. The first-order valence-corrected chi connectivity index (χ1v) is 11.4. The van der Waals surface area contributed by atoms with E-state index in [9.17, 15) is 14.0 Å². The van der Waals surface area contributed by atoms with Crippen LogP contribution in [0.1, 0.15) is 31.9 Å². The highest BCUT2D eigenvalue weighted by atomic mass is 35.5. The smallest absolute Gasteiger partial charge is 0.242 e. The Morgan fingerprint density at radius 1 is 1.07 bits per heavy atom. The van der Waals surface area contributed by atoms with Crippen LogP contribution < -0.4 is 5.32 Å². The van der Waals surface area contributed by atoms with Crippen LogP contribution in [-0.4, -0.2) is 34.6 Å². The van der Waals surface area contributed by atoms with Crippen LogP contribution in [0.15, 0.2) is 42.5 Å². The second kappa shape index (κ2) is 11.6. The van der Waals surface area contributed by atoms with Crippen molar-refractivity contribution in [1.29, 1.82) is 0 Å². The molecule has 1 N–H and O–H groups in total. The fourth-order valence-electron chi connectivity index (χ4n) is 2.77. The molecule has 4 nitrogen and oxygen atoms in total. The first kappa shape index (κ1) is 24.5. The van der Waals surface area contributed by atoms with Crippen LogP contribution in [0, 0.1) is 5.82 Å². The fraction of sp³-hybridized carbons (Fsp3) is 0.364. The molecule has 0 radical (unpaired) electrons. The maximum absolute atomic E-state index is 13.2. The van der Waals surface area contributed by atoms with Crippen molar-refractivity contribution in [3.8, 4) is 0 Å². The Labute approximate surface area is 191 Å². The normalized spacial score (nSPS) is 12.0. The molecule has 0 unspecified atom stereocenters. The Morgan fingerprint density at radius 3 is 2.23 bits per heavy atom. The SMILES string of the molecule is CC(C)NC(=O)[C@H](C)N(Cc1ccc(F)cc1)C(=O)CSCc1c(Cl)cccc1Cl. The lowest BCUT2D eigenvalue weighted by Crippen LogP contribution is -2.49. The second-order valence-corrected chi connectivity index (χ2v) is 8.98. The summed E-state index contributed by atoms with van der Waals surface area (Å²) in [6.07, 6.45) is 0. The van der Waals surface area contributed by atoms with Crippen molar-refractivity contribution < 1.29 is 14.0 Å². The van der Waals surface area contributed by atoms with Crippen LogP contribution in [0.5, 0.6) is 0 Å². The number of carbonyl (C=O) groups excluding carboxylic acids is 2. The molecule has 0 aliphatic carbocycles. The van der Waals surface area contributed by atoms with Crippen molar-refractivity contribution in [1.82, 2.24) is 10.2 Å². The summed E-state index contributed by atoms with van der Waals surface area (Å²) in [4.78, 5) is 27.0. The van der Waals surface area contributed by atoms with E-state index in [-0.39, 0.29) is 36.0 Å². The van der Waals surface area contributed by atoms with Gasteiger partial charge in [0.25, 0.3) is 0 Å². The highest BCUT2D eigenvalue weighted by molar-refractivity contribution is 7.99. The molecule has 2 amide bonds. The summed E-state index contributed by atoms with van der Waals surface area (Å²) in [7, 11) is 0. The number of nitrogens with zero attached hydrogens (tertiary/aromatic N) is 1. The van der Waals surface area contributed by atoms with E-state index >= 15 is 0 Å². The summed E-state index contributed by atoms with van der Waals surface area (Å²) in [5.74, 6) is -0.156. The third kappa shape index (κ3) is 7.18. The molecule has 2 aromatic rings. The van der Waals surface area contributed by atoms with Crippen molar-refractivity contribution in [2.75, 3.05) is 5.75 Å². The Morgan fingerprint density at radius 2 is 1.67 bits per heavy atom. The number of hydrogen-bond donors (Lipinski definition) is 1. The molecule has 0 saturated heterocycles. The largest absolute Gasteiger partial charge is 0.352 e. The molecule has 2 rings (SSSR count). The Bertz CT molecular complexity index is 858. The maximum atomic E-state index is 13.2. The number of hydrogen-bond acceptors (Lipinski definition) is 3. The van der Waals surface area contributed by atoms with Crippen LogP contribution in [-0.2, 0) is 21.9 Å². The first-order chi connectivity index (χ1) is 14.2. The van der Waals surface area contributed by atoms with E-state index in [1.165, 1.54) is 28.8 Å². The monoisotopic (exact) mass is 470 g/mol. The highest BCUT2D eigenvalue weighted by Gasteiger charge is 2.26. The molecule has 0 fully saturated rings. The van der Waals surface area contributed by atoms with Crippen LogP contribution >= 0.6 is 35.0 Å². The lowest BCUT2D eigenvalue weighted by molar-refractivity contribution is -0.138. The van der Waals surface area contributed by atoms with Gasteiger partial charge in [-0.1, -0.05) is 41.4 Å². The van der Waals surface area contributed by atoms with Gasteiger partial charge >= 0.3 is 0 Å². The summed E-state index contributed by atoms with van der Waals surface area (Å²) < 4.78 is 13.2. The van der Waals surface area contributed by atoms with E-state index in [1.54, 1.807) is 37.3 Å². The molecular formula is C22H25Cl2FN2O2S. The second-order valence-electron chi connectivity index (χ2n) is 7.18. The number of carbonyl (C=O) groups is 2. The van der Waals surface area contributed by atoms with E-state index in [0.717, 1.165) is 11.1 Å². The van der Waals surface area contributed by atoms with Gasteiger partial charge in [0.2, 0.25) is 11.8 Å². The van der Waals surface area contributed by atoms with E-state index < -0.39 is 6.04 Å². The van der Waals surface area contributed by atoms with E-state index in [1.807, 2.05) is 13.8 Å². The van der Waals surface area contributed by atoms with Crippen LogP contribution in [0.2, 0.25) is 10.0 Å². The predicted molar refractivity (Wildman–Crippen MR) is 122 cm³/mol. The van der Waals surface area contributed by atoms with E-state index in [2.05, 4.69) is 5.32 Å². The third-order valence-electron chi connectivity index (χ3n) is 4.40. The van der Waals surface area contributed by atoms with Gasteiger partial charge in [0.05, 0.1) is 5.75 Å². The van der Waals surface area contributed by atoms with Crippen molar-refractivity contribution in [3.63, 3.8) is 0 Å². The molecule has 30 heavy (non-hydrogen) atoms. The van der Waals surface area contributed by atoms with Gasteiger partial charge in [-0.05, 0) is 56.2 Å². The minimum atomic E-state index is -0.672. The summed E-state index contributed by atoms with van der Waals surface area (Å²) in [5.41, 5.74) is 1.52. The zero-order valence-corrected chi connectivity index (χ0v) is 19.5. The van der Waals surface area contributed by atoms with Gasteiger partial charge in [0.15, 0.2) is 0 Å². The van der Waals surface area contributed by atoms with Crippen molar-refractivity contribution >= 4 is 46.8 Å². The summed E-state index contributed by atoms with van der Waals surface area (Å²) >= 11 is 13.8. The van der Waals surface area contributed by atoms with Gasteiger partial charge in [-0.25, -0.2) is 4.39 Å². The predicted octanol–water partition coefficient (Wildman–Crippen LogP) is 5.31. The van der Waals surface area contributed by atoms with Crippen LogP contribution in [0.25, 0.3) is 0 Å². The molecule has 0 spiro atoms. The minimum Gasteiger partial charge on any atom is -0.352 e. The number of amides is 2. The van der Waals surface area contributed by atoms with Crippen molar-refractivity contribution in [3.05, 3.63) is 69.5 Å². The number of nitrogens with one attached hydrogen (secondary N) is 1. The van der Waals surface area contributed by atoms with Gasteiger partial charge in [-0.2, -0.15) is 0 Å². The summed E-state index contributed by atoms with van der Waals surface area (Å²) in [6, 6.07) is 10.5. The number of thioether (sulfide) groups is 1. The third-order valence-corrected chi connectivity index (χ3v) is 6.05. The minimum absolute atomic E-state index is 0.0422. The summed E-state index contributed by atoms with van der Waals surface area (Å²) in [5, 5.41) is 3.94. The number of benzene rings is 2. The molecule has 8 heteroatoms. The molecule has 0 aliphatic heterocycles. The lowest BCUT2D eigenvalue weighted by Gasteiger charge is -2.29. The molecule has 162 valence electrons. The molecular weight excluding hydrogens is 446 g/mol. The van der Waals surface area contributed by atoms with Crippen molar-refractivity contribution in [2.24, 2.45) is 0 Å². The van der Waals surface area contributed by atoms with Gasteiger partial charge in [0, 0.05) is 28.4 Å². The quantitative estimate of drug-likeness (QED) is 0.540. The van der Waals surface area contributed by atoms with Gasteiger partial charge in [-0.3, -0.25) is 9.59 Å².